The second kappa shape index (κ2) is 7.05. The Hall–Kier alpha value is -3.10. The lowest BCUT2D eigenvalue weighted by Crippen LogP contribution is -2.78. The summed E-state index contributed by atoms with van der Waals surface area (Å²) >= 11 is 0. The van der Waals surface area contributed by atoms with Gasteiger partial charge in [0.25, 0.3) is 11.8 Å². The van der Waals surface area contributed by atoms with Gasteiger partial charge in [-0.05, 0) is 74.8 Å². The van der Waals surface area contributed by atoms with Gasteiger partial charge in [-0.3, -0.25) is 19.4 Å². The molecule has 6 aliphatic rings. The van der Waals surface area contributed by atoms with Crippen molar-refractivity contribution in [2.75, 3.05) is 20.2 Å². The van der Waals surface area contributed by atoms with Crippen molar-refractivity contribution in [1.82, 2.24) is 9.80 Å². The van der Waals surface area contributed by atoms with Gasteiger partial charge in [0, 0.05) is 18.2 Å². The highest BCUT2D eigenvalue weighted by Crippen LogP contribution is 2.66. The highest BCUT2D eigenvalue weighted by atomic mass is 16.5. The van der Waals surface area contributed by atoms with Crippen LogP contribution >= 0.6 is 0 Å². The van der Waals surface area contributed by atoms with Crippen LogP contribution in [0.4, 0.5) is 0 Å². The van der Waals surface area contributed by atoms with Gasteiger partial charge in [0.1, 0.15) is 11.9 Å². The number of phenols is 1. The number of carbonyl (C=O) groups excluding carboxylic acids is 2. The van der Waals surface area contributed by atoms with Gasteiger partial charge in [0.05, 0.1) is 35.3 Å². The number of ether oxygens (including phenoxy) is 2. The zero-order chi connectivity index (χ0) is 25.3. The topological polar surface area (TPSA) is 99.5 Å². The molecule has 0 aromatic heterocycles. The lowest BCUT2D eigenvalue weighted by molar-refractivity contribution is -0.196. The Morgan fingerprint density at radius 2 is 1.95 bits per heavy atom. The SMILES string of the molecule is COc1cccc2c1C(=O)N(C1CC[C@@]3(O)[C@H]4Cc5ccc(O)c6c5[C@@]3(CCN4CC3CC3)C1O6)C2=O. The number of amides is 2. The predicted molar refractivity (Wildman–Crippen MR) is 132 cm³/mol. The van der Waals surface area contributed by atoms with E-state index in [0.717, 1.165) is 24.2 Å². The van der Waals surface area contributed by atoms with E-state index in [-0.39, 0.29) is 29.2 Å². The van der Waals surface area contributed by atoms with Gasteiger partial charge in [0.15, 0.2) is 11.5 Å². The number of hydrogen-bond donors (Lipinski definition) is 2. The normalized spacial score (nSPS) is 35.3. The fourth-order valence-corrected chi connectivity index (χ4v) is 8.46. The molecule has 2 bridgehead atoms. The van der Waals surface area contributed by atoms with Gasteiger partial charge in [-0.15, -0.1) is 0 Å². The van der Waals surface area contributed by atoms with Crippen molar-refractivity contribution in [3.63, 3.8) is 0 Å². The summed E-state index contributed by atoms with van der Waals surface area (Å²) in [6, 6.07) is 8.10. The van der Waals surface area contributed by atoms with Gasteiger partial charge in [-0.25, -0.2) is 0 Å². The molecule has 3 aliphatic heterocycles. The van der Waals surface area contributed by atoms with Gasteiger partial charge < -0.3 is 19.7 Å². The molecule has 3 heterocycles. The molecule has 0 radical (unpaired) electrons. The molecule has 2 N–H and O–H groups in total. The van der Waals surface area contributed by atoms with Crippen molar-refractivity contribution in [2.45, 2.75) is 67.7 Å². The van der Waals surface area contributed by atoms with Crippen LogP contribution in [-0.4, -0.2) is 75.8 Å². The molecule has 1 saturated heterocycles. The number of fused-ring (bicyclic) bond motifs is 1. The first-order valence-electron chi connectivity index (χ1n) is 13.4. The number of carbonyl (C=O) groups is 2. The molecule has 2 aromatic carbocycles. The molecule has 8 rings (SSSR count). The molecule has 1 spiro atoms. The summed E-state index contributed by atoms with van der Waals surface area (Å²) in [5.41, 5.74) is 0.748. The number of aromatic hydroxyl groups is 1. The number of methoxy groups -OCH3 is 1. The summed E-state index contributed by atoms with van der Waals surface area (Å²) in [7, 11) is 1.49. The number of imide groups is 1. The van der Waals surface area contributed by atoms with E-state index in [0.29, 0.717) is 48.7 Å². The summed E-state index contributed by atoms with van der Waals surface area (Å²) in [5, 5.41) is 23.5. The highest BCUT2D eigenvalue weighted by molar-refractivity contribution is 6.23. The molecule has 2 saturated carbocycles. The molecule has 5 atom stereocenters. The third-order valence-electron chi connectivity index (χ3n) is 10.2. The van der Waals surface area contributed by atoms with Crippen LogP contribution in [-0.2, 0) is 11.8 Å². The van der Waals surface area contributed by atoms with E-state index < -0.39 is 23.2 Å². The van der Waals surface area contributed by atoms with Crippen LogP contribution in [0.5, 0.6) is 17.2 Å². The second-order valence-corrected chi connectivity index (χ2v) is 11.8. The maximum absolute atomic E-state index is 13.8. The smallest absolute Gasteiger partial charge is 0.265 e. The molecule has 3 aliphatic carbocycles. The summed E-state index contributed by atoms with van der Waals surface area (Å²) in [4.78, 5) is 31.2. The van der Waals surface area contributed by atoms with E-state index >= 15 is 0 Å². The first-order chi connectivity index (χ1) is 17.9. The van der Waals surface area contributed by atoms with Gasteiger partial charge in [-0.2, -0.15) is 0 Å². The first kappa shape index (κ1) is 21.9. The third kappa shape index (κ3) is 2.51. The van der Waals surface area contributed by atoms with Crippen molar-refractivity contribution < 1.29 is 29.3 Å². The zero-order valence-electron chi connectivity index (χ0n) is 20.8. The van der Waals surface area contributed by atoms with Crippen molar-refractivity contribution in [2.24, 2.45) is 5.92 Å². The fraction of sp³-hybridized carbons (Fsp3) is 0.517. The Morgan fingerprint density at radius 3 is 2.73 bits per heavy atom. The van der Waals surface area contributed by atoms with Gasteiger partial charge in [0.2, 0.25) is 0 Å². The summed E-state index contributed by atoms with van der Waals surface area (Å²) in [5.74, 6) is 0.808. The Labute approximate surface area is 214 Å². The molecule has 37 heavy (non-hydrogen) atoms. The molecule has 2 unspecified atom stereocenters. The van der Waals surface area contributed by atoms with Crippen LogP contribution in [0.15, 0.2) is 30.3 Å². The monoisotopic (exact) mass is 502 g/mol. The number of nitrogens with zero attached hydrogens (tertiary/aromatic N) is 2. The Balaban J connectivity index is 1.27. The van der Waals surface area contributed by atoms with E-state index in [1.54, 1.807) is 24.3 Å². The number of likely N-dealkylation sites (tertiary alicyclic amines) is 1. The largest absolute Gasteiger partial charge is 0.504 e. The Morgan fingerprint density at radius 1 is 1.11 bits per heavy atom. The number of benzene rings is 2. The Kier molecular flexibility index (Phi) is 4.18. The molecular weight excluding hydrogens is 472 g/mol. The number of aliphatic hydroxyl groups is 1. The molecule has 3 fully saturated rings. The quantitative estimate of drug-likeness (QED) is 0.620. The van der Waals surface area contributed by atoms with Crippen LogP contribution in [0.3, 0.4) is 0 Å². The Bertz CT molecular complexity index is 1390. The minimum absolute atomic E-state index is 0.0477. The van der Waals surface area contributed by atoms with Crippen LogP contribution < -0.4 is 9.47 Å². The van der Waals surface area contributed by atoms with E-state index in [2.05, 4.69) is 4.90 Å². The summed E-state index contributed by atoms with van der Waals surface area (Å²) in [6.07, 6.45) is 4.13. The molecule has 2 aromatic rings. The van der Waals surface area contributed by atoms with Crippen LogP contribution in [0.2, 0.25) is 0 Å². The summed E-state index contributed by atoms with van der Waals surface area (Å²) in [6.45, 7) is 1.82. The zero-order valence-corrected chi connectivity index (χ0v) is 20.8. The maximum atomic E-state index is 13.8. The average molecular weight is 503 g/mol. The standard InChI is InChI=1S/C29H30N2O6/c1-36-20-4-2-3-17-22(20)27(34)31(26(17)33)18-9-10-29(35)21-13-16-7-8-19(32)24-23(16)28(29,25(18)37-24)11-12-30(21)14-15-5-6-15/h2-4,7-8,15,18,21,25,32,35H,5-6,9-14H2,1H3/t18?,21-,25?,28+,29-/m1/s1. The van der Waals surface area contributed by atoms with Crippen LogP contribution in [0.1, 0.15) is 63.9 Å². The number of phenolic OH excluding ortho intramolecular Hbond substituents is 1. The first-order valence-corrected chi connectivity index (χ1v) is 13.4. The molecular formula is C29H30N2O6. The van der Waals surface area contributed by atoms with E-state index in [1.165, 1.54) is 24.9 Å². The van der Waals surface area contributed by atoms with Crippen LogP contribution in [0, 0.1) is 5.92 Å². The van der Waals surface area contributed by atoms with Crippen molar-refractivity contribution in [3.05, 3.63) is 52.6 Å². The minimum Gasteiger partial charge on any atom is -0.504 e. The molecule has 8 heteroatoms. The lowest BCUT2D eigenvalue weighted by Gasteiger charge is -2.64. The maximum Gasteiger partial charge on any atom is 0.265 e. The lowest BCUT2D eigenvalue weighted by atomic mass is 9.48. The molecule has 192 valence electrons. The van der Waals surface area contributed by atoms with Crippen LogP contribution in [0.25, 0.3) is 0 Å². The summed E-state index contributed by atoms with van der Waals surface area (Å²) < 4.78 is 12.0. The third-order valence-corrected chi connectivity index (χ3v) is 10.2. The van der Waals surface area contributed by atoms with Crippen molar-refractivity contribution >= 4 is 11.8 Å². The highest BCUT2D eigenvalue weighted by Gasteiger charge is 2.74. The predicted octanol–water partition coefficient (Wildman–Crippen LogP) is 2.63. The van der Waals surface area contributed by atoms with Gasteiger partial charge >= 0.3 is 0 Å². The van der Waals surface area contributed by atoms with Crippen molar-refractivity contribution in [1.29, 1.82) is 0 Å². The number of rotatable bonds is 4. The van der Waals surface area contributed by atoms with E-state index in [4.69, 9.17) is 9.47 Å². The van der Waals surface area contributed by atoms with Crippen molar-refractivity contribution in [3.8, 4) is 17.2 Å². The minimum atomic E-state index is -1.07. The number of piperidine rings is 1. The van der Waals surface area contributed by atoms with Gasteiger partial charge in [-0.1, -0.05) is 12.1 Å². The average Bonchev–Trinajstić information content (AvgIpc) is 3.58. The van der Waals surface area contributed by atoms with E-state index in [1.807, 2.05) is 6.07 Å². The molecule has 2 amide bonds. The molecule has 8 nitrogen and oxygen atoms in total. The van der Waals surface area contributed by atoms with E-state index in [9.17, 15) is 19.8 Å². The second-order valence-electron chi connectivity index (χ2n) is 11.8. The fourth-order valence-electron chi connectivity index (χ4n) is 8.46. The number of hydrogen-bond acceptors (Lipinski definition) is 7.